The second-order valence-corrected chi connectivity index (χ2v) is 2.91. The van der Waals surface area contributed by atoms with Gasteiger partial charge in [0.05, 0.1) is 0 Å². The Labute approximate surface area is 85.4 Å². The molecule has 0 nitrogen and oxygen atoms in total. The standard InChI is InChI=1S/C9H16.2C2H6/c1-2-6-9-7-4-3-5-8-9;2*1-2/h4,7,9H,2-3,5-6,8H2,1H3;2*1-2H3. The number of rotatable bonds is 2. The van der Waals surface area contributed by atoms with Crippen LogP contribution >= 0.6 is 0 Å². The Hall–Kier alpha value is -0.260. The molecule has 80 valence electrons. The molecule has 1 aliphatic rings. The second-order valence-electron chi connectivity index (χ2n) is 2.91. The first-order valence-corrected chi connectivity index (χ1v) is 6.10. The van der Waals surface area contributed by atoms with E-state index in [1.54, 1.807) is 0 Å². The lowest BCUT2D eigenvalue weighted by Gasteiger charge is -2.14. The Morgan fingerprint density at radius 2 is 1.77 bits per heavy atom. The fourth-order valence-corrected chi connectivity index (χ4v) is 1.49. The average Bonchev–Trinajstić information content (AvgIpc) is 2.26. The SMILES string of the molecule is CC.CC.CCCC1C=CCCC1. The van der Waals surface area contributed by atoms with Gasteiger partial charge in [0, 0.05) is 0 Å². The average molecular weight is 184 g/mol. The molecular formula is C13H28. The first-order chi connectivity index (χ1) is 6.43. The third-order valence-electron chi connectivity index (χ3n) is 2.01. The maximum atomic E-state index is 2.40. The molecule has 0 aliphatic heterocycles. The van der Waals surface area contributed by atoms with Crippen LogP contribution in [0, 0.1) is 5.92 Å². The van der Waals surface area contributed by atoms with Crippen LogP contribution in [0.1, 0.15) is 66.7 Å². The minimum absolute atomic E-state index is 0.920. The predicted molar refractivity (Wildman–Crippen MR) is 64.1 cm³/mol. The zero-order valence-electron chi connectivity index (χ0n) is 10.3. The number of allylic oxidation sites excluding steroid dienone is 2. The molecule has 0 aromatic carbocycles. The molecular weight excluding hydrogens is 156 g/mol. The molecule has 13 heavy (non-hydrogen) atoms. The van der Waals surface area contributed by atoms with Crippen molar-refractivity contribution in [3.05, 3.63) is 12.2 Å². The van der Waals surface area contributed by atoms with E-state index >= 15 is 0 Å². The maximum Gasteiger partial charge on any atom is -0.0234 e. The Morgan fingerprint density at radius 1 is 1.15 bits per heavy atom. The van der Waals surface area contributed by atoms with E-state index in [-0.39, 0.29) is 0 Å². The predicted octanol–water partition coefficient (Wildman–Crippen LogP) is 5.20. The zero-order chi connectivity index (χ0) is 10.5. The summed E-state index contributed by atoms with van der Waals surface area (Å²) in [6.07, 6.45) is 11.6. The molecule has 0 saturated heterocycles. The first kappa shape index (κ1) is 15.2. The quantitative estimate of drug-likeness (QED) is 0.518. The summed E-state index contributed by atoms with van der Waals surface area (Å²) in [5.74, 6) is 0.920. The van der Waals surface area contributed by atoms with Gasteiger partial charge in [-0.25, -0.2) is 0 Å². The molecule has 0 aromatic rings. The smallest absolute Gasteiger partial charge is 0.0234 e. The van der Waals surface area contributed by atoms with E-state index in [9.17, 15) is 0 Å². The van der Waals surface area contributed by atoms with E-state index in [1.807, 2.05) is 27.7 Å². The summed E-state index contributed by atoms with van der Waals surface area (Å²) < 4.78 is 0. The zero-order valence-corrected chi connectivity index (χ0v) is 10.3. The van der Waals surface area contributed by atoms with E-state index in [2.05, 4.69) is 19.1 Å². The summed E-state index contributed by atoms with van der Waals surface area (Å²) in [5.41, 5.74) is 0. The van der Waals surface area contributed by atoms with Crippen molar-refractivity contribution in [3.8, 4) is 0 Å². The molecule has 1 unspecified atom stereocenters. The molecule has 1 atom stereocenters. The maximum absolute atomic E-state index is 2.40. The van der Waals surface area contributed by atoms with Crippen LogP contribution in [0.25, 0.3) is 0 Å². The fraction of sp³-hybridized carbons (Fsp3) is 0.846. The normalized spacial score (nSPS) is 19.3. The van der Waals surface area contributed by atoms with Crippen LogP contribution in [0.5, 0.6) is 0 Å². The first-order valence-electron chi connectivity index (χ1n) is 6.10. The lowest BCUT2D eigenvalue weighted by Crippen LogP contribution is -1.99. The van der Waals surface area contributed by atoms with Gasteiger partial charge >= 0.3 is 0 Å². The van der Waals surface area contributed by atoms with E-state index < -0.39 is 0 Å². The van der Waals surface area contributed by atoms with Gasteiger partial charge in [-0.1, -0.05) is 53.2 Å². The van der Waals surface area contributed by atoms with Crippen molar-refractivity contribution in [3.63, 3.8) is 0 Å². The van der Waals surface area contributed by atoms with Gasteiger partial charge in [0.15, 0.2) is 0 Å². The molecule has 0 heteroatoms. The van der Waals surface area contributed by atoms with Gasteiger partial charge in [-0.15, -0.1) is 0 Å². The lowest BCUT2D eigenvalue weighted by atomic mass is 9.92. The van der Waals surface area contributed by atoms with Gasteiger partial charge < -0.3 is 0 Å². The molecule has 0 spiro atoms. The highest BCUT2D eigenvalue weighted by Gasteiger charge is 2.05. The van der Waals surface area contributed by atoms with Crippen LogP contribution in [0.2, 0.25) is 0 Å². The fourth-order valence-electron chi connectivity index (χ4n) is 1.49. The Kier molecular flexibility index (Phi) is 16.7. The van der Waals surface area contributed by atoms with Crippen LogP contribution < -0.4 is 0 Å². The molecule has 0 aromatic heterocycles. The molecule has 0 radical (unpaired) electrons. The van der Waals surface area contributed by atoms with Crippen molar-refractivity contribution in [2.75, 3.05) is 0 Å². The summed E-state index contributed by atoms with van der Waals surface area (Å²) >= 11 is 0. The molecule has 0 heterocycles. The molecule has 0 saturated carbocycles. The van der Waals surface area contributed by atoms with Crippen LogP contribution in [0.3, 0.4) is 0 Å². The van der Waals surface area contributed by atoms with Gasteiger partial charge in [-0.2, -0.15) is 0 Å². The van der Waals surface area contributed by atoms with Crippen LogP contribution in [0.15, 0.2) is 12.2 Å². The van der Waals surface area contributed by atoms with Crippen molar-refractivity contribution >= 4 is 0 Å². The van der Waals surface area contributed by atoms with Crippen molar-refractivity contribution in [1.82, 2.24) is 0 Å². The summed E-state index contributed by atoms with van der Waals surface area (Å²) in [6.45, 7) is 10.3. The van der Waals surface area contributed by atoms with Crippen LogP contribution in [-0.4, -0.2) is 0 Å². The minimum Gasteiger partial charge on any atom is -0.0883 e. The van der Waals surface area contributed by atoms with E-state index in [0.717, 1.165) is 5.92 Å². The third-order valence-corrected chi connectivity index (χ3v) is 2.01. The molecule has 0 N–H and O–H groups in total. The van der Waals surface area contributed by atoms with Crippen molar-refractivity contribution in [2.24, 2.45) is 5.92 Å². The van der Waals surface area contributed by atoms with Gasteiger partial charge in [-0.3, -0.25) is 0 Å². The Bertz CT molecular complexity index is 92.2. The van der Waals surface area contributed by atoms with Crippen LogP contribution in [0.4, 0.5) is 0 Å². The summed E-state index contributed by atoms with van der Waals surface area (Å²) in [4.78, 5) is 0. The van der Waals surface area contributed by atoms with Crippen molar-refractivity contribution in [2.45, 2.75) is 66.7 Å². The third kappa shape index (κ3) is 9.66. The highest BCUT2D eigenvalue weighted by Crippen LogP contribution is 2.20. The topological polar surface area (TPSA) is 0 Å². The molecule has 1 aliphatic carbocycles. The van der Waals surface area contributed by atoms with Crippen molar-refractivity contribution < 1.29 is 0 Å². The molecule has 1 rings (SSSR count). The molecule has 0 fully saturated rings. The highest BCUT2D eigenvalue weighted by atomic mass is 14.1. The monoisotopic (exact) mass is 184 g/mol. The summed E-state index contributed by atoms with van der Waals surface area (Å²) in [7, 11) is 0. The minimum atomic E-state index is 0.920. The number of hydrogen-bond acceptors (Lipinski definition) is 0. The van der Waals surface area contributed by atoms with Gasteiger partial charge in [0.1, 0.15) is 0 Å². The lowest BCUT2D eigenvalue weighted by molar-refractivity contribution is 0.500. The largest absolute Gasteiger partial charge is 0.0883 e. The molecule has 0 bridgehead atoms. The summed E-state index contributed by atoms with van der Waals surface area (Å²) in [6, 6.07) is 0. The highest BCUT2D eigenvalue weighted by molar-refractivity contribution is 4.92. The number of hydrogen-bond donors (Lipinski definition) is 0. The van der Waals surface area contributed by atoms with E-state index in [1.165, 1.54) is 32.1 Å². The molecule has 0 amide bonds. The van der Waals surface area contributed by atoms with Crippen LogP contribution in [-0.2, 0) is 0 Å². The van der Waals surface area contributed by atoms with Crippen molar-refractivity contribution in [1.29, 1.82) is 0 Å². The van der Waals surface area contributed by atoms with E-state index in [4.69, 9.17) is 0 Å². The second kappa shape index (κ2) is 14.3. The summed E-state index contributed by atoms with van der Waals surface area (Å²) in [5, 5.41) is 0. The van der Waals surface area contributed by atoms with E-state index in [0.29, 0.717) is 0 Å². The van der Waals surface area contributed by atoms with Gasteiger partial charge in [0.2, 0.25) is 0 Å². The van der Waals surface area contributed by atoms with Gasteiger partial charge in [-0.05, 0) is 31.6 Å². The van der Waals surface area contributed by atoms with Gasteiger partial charge in [0.25, 0.3) is 0 Å². The Morgan fingerprint density at radius 3 is 2.15 bits per heavy atom. The Balaban J connectivity index is 0.